The number of hydrogen-bond donors (Lipinski definition) is 2. The molecule has 4 amide bonds. The quantitative estimate of drug-likeness (QED) is 0.685. The van der Waals surface area contributed by atoms with Crippen molar-refractivity contribution in [3.63, 3.8) is 0 Å². The Morgan fingerprint density at radius 3 is 2.63 bits per heavy atom. The van der Waals surface area contributed by atoms with E-state index < -0.39 is 11.0 Å². The maximum atomic E-state index is 13.4. The lowest BCUT2D eigenvalue weighted by molar-refractivity contribution is -0.147. The van der Waals surface area contributed by atoms with Crippen molar-refractivity contribution < 1.29 is 19.1 Å². The molecule has 1 aromatic rings. The number of nitrogens with one attached hydrogen (secondary N) is 2. The van der Waals surface area contributed by atoms with E-state index in [1.54, 1.807) is 4.90 Å². The van der Waals surface area contributed by atoms with Crippen LogP contribution in [0.5, 0.6) is 0 Å². The summed E-state index contributed by atoms with van der Waals surface area (Å²) in [6.07, 6.45) is 0.913. The van der Waals surface area contributed by atoms with Gasteiger partial charge >= 0.3 is 6.03 Å². The fraction of sp³-hybridized carbons (Fsp3) is 0.571. The minimum Gasteiger partial charge on any atom is -0.380 e. The molecule has 4 heterocycles. The van der Waals surface area contributed by atoms with E-state index in [0.717, 1.165) is 12.1 Å². The van der Waals surface area contributed by atoms with Gasteiger partial charge in [0.2, 0.25) is 5.91 Å². The molecule has 2 N–H and O–H groups in total. The molecule has 0 radical (unpaired) electrons. The van der Waals surface area contributed by atoms with Crippen LogP contribution in [0, 0.1) is 11.3 Å². The van der Waals surface area contributed by atoms with Gasteiger partial charge in [-0.3, -0.25) is 14.9 Å². The number of carbonyl (C=O) groups excluding carboxylic acids is 3. The highest BCUT2D eigenvalue weighted by Crippen LogP contribution is 2.41. The summed E-state index contributed by atoms with van der Waals surface area (Å²) >= 11 is 0. The molecule has 0 aliphatic carbocycles. The number of hydrogen-bond acceptors (Lipinski definition) is 5. The van der Waals surface area contributed by atoms with Gasteiger partial charge < -0.3 is 19.9 Å². The molecule has 5 rings (SSSR count). The Morgan fingerprint density at radius 2 is 1.90 bits per heavy atom. The van der Waals surface area contributed by atoms with Crippen molar-refractivity contribution in [2.24, 2.45) is 11.3 Å². The Morgan fingerprint density at radius 1 is 1.17 bits per heavy atom. The van der Waals surface area contributed by atoms with Crippen molar-refractivity contribution in [2.45, 2.75) is 24.9 Å². The van der Waals surface area contributed by atoms with Crippen LogP contribution in [0.4, 0.5) is 4.79 Å². The second kappa shape index (κ2) is 7.83. The van der Waals surface area contributed by atoms with Gasteiger partial charge in [-0.15, -0.1) is 12.4 Å². The normalized spacial score (nSPS) is 29.7. The summed E-state index contributed by atoms with van der Waals surface area (Å²) in [5.74, 6) is 0.101. The van der Waals surface area contributed by atoms with Gasteiger partial charge in [-0.2, -0.15) is 0 Å². The molecule has 30 heavy (non-hydrogen) atoms. The summed E-state index contributed by atoms with van der Waals surface area (Å²) in [4.78, 5) is 42.2. The first-order valence-electron chi connectivity index (χ1n) is 10.3. The number of likely N-dealkylation sites (tertiary alicyclic amines) is 1. The van der Waals surface area contributed by atoms with Gasteiger partial charge in [-0.25, -0.2) is 4.79 Å². The van der Waals surface area contributed by atoms with E-state index in [2.05, 4.69) is 10.6 Å². The smallest absolute Gasteiger partial charge is 0.325 e. The van der Waals surface area contributed by atoms with Gasteiger partial charge in [0, 0.05) is 38.6 Å². The largest absolute Gasteiger partial charge is 0.380 e. The monoisotopic (exact) mass is 434 g/mol. The number of carbonyl (C=O) groups is 3. The lowest BCUT2D eigenvalue weighted by atomic mass is 9.78. The summed E-state index contributed by atoms with van der Waals surface area (Å²) in [6.45, 7) is 3.87. The third-order valence-electron chi connectivity index (χ3n) is 7.18. The number of rotatable bonds is 3. The first-order valence-corrected chi connectivity index (χ1v) is 10.3. The topological polar surface area (TPSA) is 91.0 Å². The third kappa shape index (κ3) is 3.09. The number of nitrogens with zero attached hydrogens (tertiary/aromatic N) is 2. The van der Waals surface area contributed by atoms with E-state index in [-0.39, 0.29) is 36.2 Å². The Labute approximate surface area is 181 Å². The molecule has 8 nitrogen and oxygen atoms in total. The van der Waals surface area contributed by atoms with Crippen LogP contribution in [-0.2, 0) is 20.9 Å². The summed E-state index contributed by atoms with van der Waals surface area (Å²) in [5, 5.41) is 5.83. The molecular formula is C21H27ClN4O4. The summed E-state index contributed by atoms with van der Waals surface area (Å²) in [7, 11) is 0. The standard InChI is InChI=1S/C21H26N4O4.ClH/c26-17-21(25(19(28)23-17)11-15-4-2-1-3-5-15)6-8-24(9-7-21)18(27)20-13-22-10-16(20)12-29-14-20;/h1-5,16,22H,6-14H2,(H,23,26,28);1H/t16-,20-;/m0./s1. The van der Waals surface area contributed by atoms with Crippen molar-refractivity contribution in [1.29, 1.82) is 0 Å². The number of amides is 4. The highest BCUT2D eigenvalue weighted by Gasteiger charge is 2.58. The average molecular weight is 435 g/mol. The van der Waals surface area contributed by atoms with E-state index in [1.807, 2.05) is 35.2 Å². The molecule has 0 unspecified atom stereocenters. The van der Waals surface area contributed by atoms with Crippen LogP contribution in [-0.4, -0.2) is 72.6 Å². The second-order valence-electron chi connectivity index (χ2n) is 8.65. The van der Waals surface area contributed by atoms with Gasteiger partial charge in [0.1, 0.15) is 5.54 Å². The van der Waals surface area contributed by atoms with Crippen LogP contribution in [0.1, 0.15) is 18.4 Å². The molecule has 1 aromatic carbocycles. The summed E-state index contributed by atoms with van der Waals surface area (Å²) < 4.78 is 5.63. The first-order chi connectivity index (χ1) is 14.1. The van der Waals surface area contributed by atoms with Crippen LogP contribution < -0.4 is 10.6 Å². The molecule has 0 saturated carbocycles. The molecule has 0 bridgehead atoms. The molecule has 4 aliphatic rings. The Balaban J connectivity index is 0.00000218. The van der Waals surface area contributed by atoms with E-state index in [9.17, 15) is 14.4 Å². The van der Waals surface area contributed by atoms with Gasteiger partial charge in [0.25, 0.3) is 5.91 Å². The fourth-order valence-electron chi connectivity index (χ4n) is 5.37. The highest BCUT2D eigenvalue weighted by atomic mass is 35.5. The van der Waals surface area contributed by atoms with Crippen LogP contribution in [0.3, 0.4) is 0 Å². The predicted octanol–water partition coefficient (Wildman–Crippen LogP) is 0.757. The zero-order valence-corrected chi connectivity index (χ0v) is 17.6. The third-order valence-corrected chi connectivity index (χ3v) is 7.18. The van der Waals surface area contributed by atoms with Crippen LogP contribution in [0.2, 0.25) is 0 Å². The minimum atomic E-state index is -0.874. The van der Waals surface area contributed by atoms with Gasteiger partial charge in [0.05, 0.1) is 18.6 Å². The molecule has 4 aliphatic heterocycles. The molecular weight excluding hydrogens is 408 g/mol. The summed E-state index contributed by atoms with van der Waals surface area (Å²) in [5.41, 5.74) is -0.361. The molecule has 0 aromatic heterocycles. The van der Waals surface area contributed by atoms with Gasteiger partial charge in [-0.05, 0) is 18.4 Å². The van der Waals surface area contributed by atoms with Crippen molar-refractivity contribution in [2.75, 3.05) is 39.4 Å². The second-order valence-corrected chi connectivity index (χ2v) is 8.65. The zero-order valence-electron chi connectivity index (χ0n) is 16.8. The van der Waals surface area contributed by atoms with Crippen LogP contribution in [0.25, 0.3) is 0 Å². The average Bonchev–Trinajstić information content (AvgIpc) is 3.38. The van der Waals surface area contributed by atoms with Crippen LogP contribution >= 0.6 is 12.4 Å². The SMILES string of the molecule is Cl.O=C1NC(=O)C2(CCN(C(=O)[C@]34CNC[C@H]3COC4)CC2)N1Cc1ccccc1. The van der Waals surface area contributed by atoms with Crippen molar-refractivity contribution in [3.05, 3.63) is 35.9 Å². The maximum Gasteiger partial charge on any atom is 0.325 e. The Bertz CT molecular complexity index is 831. The number of halogens is 1. The number of benzene rings is 1. The molecule has 4 fully saturated rings. The van der Waals surface area contributed by atoms with Crippen molar-refractivity contribution >= 4 is 30.3 Å². The molecule has 4 saturated heterocycles. The highest BCUT2D eigenvalue weighted by molar-refractivity contribution is 6.07. The Hall–Kier alpha value is -2.16. The number of piperidine rings is 1. The van der Waals surface area contributed by atoms with Gasteiger partial charge in [-0.1, -0.05) is 30.3 Å². The molecule has 162 valence electrons. The number of imide groups is 1. The van der Waals surface area contributed by atoms with Crippen molar-refractivity contribution in [1.82, 2.24) is 20.4 Å². The van der Waals surface area contributed by atoms with E-state index in [0.29, 0.717) is 52.2 Å². The zero-order chi connectivity index (χ0) is 20.1. The van der Waals surface area contributed by atoms with Crippen molar-refractivity contribution in [3.8, 4) is 0 Å². The van der Waals surface area contributed by atoms with E-state index in [4.69, 9.17) is 4.74 Å². The lowest BCUT2D eigenvalue weighted by Crippen LogP contribution is -2.59. The maximum absolute atomic E-state index is 13.4. The minimum absolute atomic E-state index is 0. The summed E-state index contributed by atoms with van der Waals surface area (Å²) in [6, 6.07) is 9.34. The number of ether oxygens (including phenoxy) is 1. The fourth-order valence-corrected chi connectivity index (χ4v) is 5.37. The predicted molar refractivity (Wildman–Crippen MR) is 111 cm³/mol. The molecule has 2 atom stereocenters. The number of fused-ring (bicyclic) bond motifs is 1. The van der Waals surface area contributed by atoms with Crippen LogP contribution in [0.15, 0.2) is 30.3 Å². The number of urea groups is 1. The first kappa shape index (κ1) is 21.1. The lowest BCUT2D eigenvalue weighted by Gasteiger charge is -2.44. The molecule has 1 spiro atoms. The van der Waals surface area contributed by atoms with E-state index >= 15 is 0 Å². The Kier molecular flexibility index (Phi) is 5.50. The van der Waals surface area contributed by atoms with E-state index in [1.165, 1.54) is 0 Å². The molecule has 9 heteroatoms. The van der Waals surface area contributed by atoms with Gasteiger partial charge in [0.15, 0.2) is 0 Å².